The van der Waals surface area contributed by atoms with Crippen molar-refractivity contribution in [3.8, 4) is 0 Å². The minimum Gasteiger partial charge on any atom is -0.398 e. The van der Waals surface area contributed by atoms with Gasteiger partial charge in [0.1, 0.15) is 0 Å². The average molecular weight is 340 g/mol. The molecule has 0 aliphatic heterocycles. The predicted octanol–water partition coefficient (Wildman–Crippen LogP) is 1.91. The highest BCUT2D eigenvalue weighted by molar-refractivity contribution is 7.95. The fourth-order valence-electron chi connectivity index (χ4n) is 1.41. The number of anilines is 1. The first kappa shape index (κ1) is 17.3. The van der Waals surface area contributed by atoms with Gasteiger partial charge < -0.3 is 5.73 Å². The van der Waals surface area contributed by atoms with E-state index < -0.39 is 35.9 Å². The van der Waals surface area contributed by atoms with Gasteiger partial charge in [-0.05, 0) is 39.0 Å². The fraction of sp³-hybridized carbons (Fsp3) is 0.500. The zero-order valence-electron chi connectivity index (χ0n) is 11.6. The van der Waals surface area contributed by atoms with Crippen molar-refractivity contribution in [1.82, 2.24) is 0 Å². The first-order valence-electron chi connectivity index (χ1n) is 5.87. The molecule has 0 radical (unpaired) electrons. The average Bonchev–Trinajstić information content (AvgIpc) is 2.28. The van der Waals surface area contributed by atoms with E-state index in [1.165, 1.54) is 39.0 Å². The second-order valence-corrected chi connectivity index (χ2v) is 10.8. The number of nitrogens with two attached hydrogens (primary N) is 1. The van der Waals surface area contributed by atoms with Gasteiger partial charge in [-0.15, -0.1) is 0 Å². The molecule has 0 atom stereocenters. The van der Waals surface area contributed by atoms with Crippen LogP contribution in [0, 0.1) is 0 Å². The highest BCUT2D eigenvalue weighted by atomic mass is 35.5. The van der Waals surface area contributed by atoms with Gasteiger partial charge in [0, 0.05) is 5.02 Å². The van der Waals surface area contributed by atoms with Gasteiger partial charge >= 0.3 is 0 Å². The summed E-state index contributed by atoms with van der Waals surface area (Å²) >= 11 is 5.75. The topological polar surface area (TPSA) is 94.3 Å². The lowest BCUT2D eigenvalue weighted by Crippen LogP contribution is -2.33. The Morgan fingerprint density at radius 1 is 1.10 bits per heavy atom. The van der Waals surface area contributed by atoms with E-state index in [4.69, 9.17) is 17.3 Å². The van der Waals surface area contributed by atoms with E-state index in [1.807, 2.05) is 0 Å². The van der Waals surface area contributed by atoms with Crippen molar-refractivity contribution in [1.29, 1.82) is 0 Å². The van der Waals surface area contributed by atoms with Crippen molar-refractivity contribution in [3.05, 3.63) is 23.2 Å². The molecular weight excluding hydrogens is 322 g/mol. The minimum absolute atomic E-state index is 0.0579. The lowest BCUT2D eigenvalue weighted by molar-refractivity contribution is 0.559. The molecule has 20 heavy (non-hydrogen) atoms. The van der Waals surface area contributed by atoms with E-state index in [0.717, 1.165) is 0 Å². The Morgan fingerprint density at radius 2 is 1.65 bits per heavy atom. The number of hydrogen-bond donors (Lipinski definition) is 1. The maximum Gasteiger partial charge on any atom is 0.181 e. The highest BCUT2D eigenvalue weighted by Gasteiger charge is 2.31. The molecule has 0 bridgehead atoms. The van der Waals surface area contributed by atoms with Gasteiger partial charge in [-0.1, -0.05) is 11.6 Å². The minimum atomic E-state index is -3.80. The monoisotopic (exact) mass is 339 g/mol. The van der Waals surface area contributed by atoms with Crippen LogP contribution in [0.2, 0.25) is 5.02 Å². The van der Waals surface area contributed by atoms with E-state index in [1.54, 1.807) is 0 Å². The summed E-state index contributed by atoms with van der Waals surface area (Å²) in [5.41, 5.74) is 5.67. The molecule has 1 aromatic carbocycles. The van der Waals surface area contributed by atoms with E-state index >= 15 is 0 Å². The molecule has 0 aromatic heterocycles. The van der Waals surface area contributed by atoms with Crippen molar-refractivity contribution in [2.75, 3.05) is 17.2 Å². The molecular formula is C12H18ClNO4S2. The molecule has 0 aliphatic rings. The third-order valence-corrected chi connectivity index (χ3v) is 7.73. The molecule has 1 rings (SSSR count). The van der Waals surface area contributed by atoms with E-state index in [9.17, 15) is 16.8 Å². The van der Waals surface area contributed by atoms with Crippen LogP contribution >= 0.6 is 11.6 Å². The first-order valence-corrected chi connectivity index (χ1v) is 9.55. The molecule has 5 nitrogen and oxygen atoms in total. The predicted molar refractivity (Wildman–Crippen MR) is 81.5 cm³/mol. The molecule has 8 heteroatoms. The van der Waals surface area contributed by atoms with Gasteiger partial charge in [0.2, 0.25) is 0 Å². The molecule has 0 amide bonds. The number of hydrogen-bond acceptors (Lipinski definition) is 5. The molecule has 0 saturated carbocycles. The highest BCUT2D eigenvalue weighted by Crippen LogP contribution is 2.25. The van der Waals surface area contributed by atoms with Crippen molar-refractivity contribution < 1.29 is 16.8 Å². The Kier molecular flexibility index (Phi) is 4.78. The summed E-state index contributed by atoms with van der Waals surface area (Å²) in [7, 11) is -7.31. The van der Waals surface area contributed by atoms with Crippen LogP contribution in [0.3, 0.4) is 0 Å². The summed E-state index contributed by atoms with van der Waals surface area (Å²) in [5, 5.41) is 0.233. The maximum absolute atomic E-state index is 12.2. The van der Waals surface area contributed by atoms with Crippen molar-refractivity contribution in [2.24, 2.45) is 0 Å². The molecule has 2 N–H and O–H groups in total. The Balaban J connectivity index is 3.06. The van der Waals surface area contributed by atoms with Crippen LogP contribution in [0.4, 0.5) is 5.69 Å². The normalized spacial score (nSPS) is 13.4. The SMILES string of the molecule is CC(C)(C)S(=O)(=O)CCS(=O)(=O)c1cc(Cl)ccc1N. The summed E-state index contributed by atoms with van der Waals surface area (Å²) in [4.78, 5) is -0.130. The Bertz CT molecular complexity index is 703. The van der Waals surface area contributed by atoms with Crippen molar-refractivity contribution in [2.45, 2.75) is 30.4 Å². The zero-order valence-corrected chi connectivity index (χ0v) is 13.9. The molecule has 0 aliphatic carbocycles. The Morgan fingerprint density at radius 3 is 2.15 bits per heavy atom. The summed E-state index contributed by atoms with van der Waals surface area (Å²) in [6.45, 7) is 4.59. The first-order chi connectivity index (χ1) is 8.87. The van der Waals surface area contributed by atoms with Crippen molar-refractivity contribution >= 4 is 37.0 Å². The second kappa shape index (κ2) is 5.54. The largest absolute Gasteiger partial charge is 0.398 e. The zero-order chi connectivity index (χ0) is 15.8. The quantitative estimate of drug-likeness (QED) is 0.845. The Hall–Kier alpha value is -0.790. The molecule has 0 heterocycles. The van der Waals surface area contributed by atoms with Crippen molar-refractivity contribution in [3.63, 3.8) is 0 Å². The molecule has 0 saturated heterocycles. The Labute approximate surface area is 125 Å². The third-order valence-electron chi connectivity index (χ3n) is 2.86. The standard InChI is InChI=1S/C12H18ClNO4S2/c1-12(2,3)20(17,18)7-6-19(15,16)11-8-9(13)4-5-10(11)14/h4-5,8H,6-7,14H2,1-3H3. The van der Waals surface area contributed by atoms with Gasteiger partial charge in [0.15, 0.2) is 19.7 Å². The van der Waals surface area contributed by atoms with Crippen LogP contribution < -0.4 is 5.73 Å². The van der Waals surface area contributed by atoms with Gasteiger partial charge in [0.05, 0.1) is 26.8 Å². The van der Waals surface area contributed by atoms with E-state index in [2.05, 4.69) is 0 Å². The third kappa shape index (κ3) is 3.86. The van der Waals surface area contributed by atoms with Gasteiger partial charge in [-0.3, -0.25) is 0 Å². The van der Waals surface area contributed by atoms with Gasteiger partial charge in [0.25, 0.3) is 0 Å². The lowest BCUT2D eigenvalue weighted by atomic mass is 10.3. The van der Waals surface area contributed by atoms with Crippen LogP contribution in [0.1, 0.15) is 20.8 Å². The molecule has 114 valence electrons. The summed E-state index contributed by atoms with van der Waals surface area (Å²) in [5.74, 6) is -0.970. The number of benzene rings is 1. The second-order valence-electron chi connectivity index (χ2n) is 5.43. The molecule has 0 unspecified atom stereocenters. The lowest BCUT2D eigenvalue weighted by Gasteiger charge is -2.19. The van der Waals surface area contributed by atoms with Gasteiger partial charge in [-0.25, -0.2) is 16.8 Å². The van der Waals surface area contributed by atoms with Crippen LogP contribution in [-0.2, 0) is 19.7 Å². The van der Waals surface area contributed by atoms with Gasteiger partial charge in [-0.2, -0.15) is 0 Å². The number of sulfone groups is 2. The summed E-state index contributed by atoms with van der Waals surface area (Å²) in [6, 6.07) is 4.09. The number of rotatable bonds is 4. The molecule has 1 aromatic rings. The van der Waals surface area contributed by atoms with Crippen LogP contribution in [0.5, 0.6) is 0 Å². The van der Waals surface area contributed by atoms with Crippen LogP contribution in [0.25, 0.3) is 0 Å². The fourth-order valence-corrected chi connectivity index (χ4v) is 4.97. The van der Waals surface area contributed by atoms with E-state index in [-0.39, 0.29) is 15.6 Å². The number of halogens is 1. The number of nitrogen functional groups attached to an aromatic ring is 1. The summed E-state index contributed by atoms with van der Waals surface area (Å²) in [6.07, 6.45) is 0. The molecule has 0 fully saturated rings. The maximum atomic E-state index is 12.2. The smallest absolute Gasteiger partial charge is 0.181 e. The molecule has 0 spiro atoms. The summed E-state index contributed by atoms with van der Waals surface area (Å²) < 4.78 is 47.3. The van der Waals surface area contributed by atoms with Crippen LogP contribution in [0.15, 0.2) is 23.1 Å². The van der Waals surface area contributed by atoms with Crippen LogP contribution in [-0.4, -0.2) is 33.1 Å². The van der Waals surface area contributed by atoms with E-state index in [0.29, 0.717) is 0 Å².